The second-order valence-corrected chi connectivity index (χ2v) is 6.43. The Kier molecular flexibility index (Phi) is 5.63. The van der Waals surface area contributed by atoms with Gasteiger partial charge in [0.05, 0.1) is 5.25 Å². The quantitative estimate of drug-likeness (QED) is 0.647. The van der Waals surface area contributed by atoms with E-state index in [2.05, 4.69) is 22.1 Å². The molecular formula is C15H17ClN4OS. The molecule has 2 aromatic rings. The van der Waals surface area contributed by atoms with Crippen LogP contribution >= 0.6 is 23.4 Å². The maximum atomic E-state index is 12.2. The number of allylic oxidation sites excluding steroid dienone is 1. The van der Waals surface area contributed by atoms with Gasteiger partial charge in [0.1, 0.15) is 5.82 Å². The molecule has 1 unspecified atom stereocenters. The van der Waals surface area contributed by atoms with Crippen LogP contribution in [0.4, 0.5) is 5.69 Å². The maximum absolute atomic E-state index is 12.2. The third kappa shape index (κ3) is 4.11. The summed E-state index contributed by atoms with van der Waals surface area (Å²) in [5, 5.41) is 12.0. The molecule has 0 aliphatic carbocycles. The second-order valence-electron chi connectivity index (χ2n) is 4.69. The zero-order chi connectivity index (χ0) is 16.1. The minimum Gasteiger partial charge on any atom is -0.325 e. The number of thioether (sulfide) groups is 1. The van der Waals surface area contributed by atoms with Crippen LogP contribution < -0.4 is 5.32 Å². The molecule has 0 aliphatic rings. The smallest absolute Gasteiger partial charge is 0.237 e. The number of hydrogen-bond acceptors (Lipinski definition) is 4. The number of benzene rings is 1. The molecule has 0 saturated heterocycles. The zero-order valence-corrected chi connectivity index (χ0v) is 14.0. The van der Waals surface area contributed by atoms with Gasteiger partial charge in [-0.1, -0.05) is 29.4 Å². The number of aryl methyl sites for hydroxylation is 1. The second kappa shape index (κ2) is 7.47. The van der Waals surface area contributed by atoms with Gasteiger partial charge in [0.15, 0.2) is 5.16 Å². The fourth-order valence-corrected chi connectivity index (χ4v) is 2.81. The molecule has 1 aromatic carbocycles. The first-order valence-electron chi connectivity index (χ1n) is 6.75. The number of carbonyl (C=O) groups is 1. The van der Waals surface area contributed by atoms with Gasteiger partial charge in [-0.15, -0.1) is 16.8 Å². The molecule has 0 saturated carbocycles. The molecule has 7 heteroatoms. The van der Waals surface area contributed by atoms with Gasteiger partial charge in [0, 0.05) is 17.3 Å². The molecule has 5 nitrogen and oxygen atoms in total. The van der Waals surface area contributed by atoms with E-state index in [1.54, 1.807) is 30.3 Å². The largest absolute Gasteiger partial charge is 0.325 e. The van der Waals surface area contributed by atoms with Crippen LogP contribution in [0.3, 0.4) is 0 Å². The highest BCUT2D eigenvalue weighted by molar-refractivity contribution is 8.00. The number of amides is 1. The summed E-state index contributed by atoms with van der Waals surface area (Å²) < 4.78 is 1.92. The van der Waals surface area contributed by atoms with Crippen molar-refractivity contribution in [3.8, 4) is 0 Å². The summed E-state index contributed by atoms with van der Waals surface area (Å²) in [6, 6.07) is 7.00. The van der Waals surface area contributed by atoms with Crippen LogP contribution in [0.25, 0.3) is 0 Å². The summed E-state index contributed by atoms with van der Waals surface area (Å²) in [4.78, 5) is 12.2. The molecular weight excluding hydrogens is 320 g/mol. The summed E-state index contributed by atoms with van der Waals surface area (Å²) in [6.45, 7) is 8.04. The molecule has 1 N–H and O–H groups in total. The van der Waals surface area contributed by atoms with Gasteiger partial charge in [0.2, 0.25) is 5.91 Å². The van der Waals surface area contributed by atoms with Crippen molar-refractivity contribution < 1.29 is 4.79 Å². The van der Waals surface area contributed by atoms with Crippen molar-refractivity contribution in [3.05, 3.63) is 47.8 Å². The Morgan fingerprint density at radius 2 is 2.14 bits per heavy atom. The number of nitrogens with zero attached hydrogens (tertiary/aromatic N) is 3. The summed E-state index contributed by atoms with van der Waals surface area (Å²) in [7, 11) is 0. The lowest BCUT2D eigenvalue weighted by molar-refractivity contribution is -0.115. The van der Waals surface area contributed by atoms with E-state index in [-0.39, 0.29) is 11.2 Å². The van der Waals surface area contributed by atoms with E-state index in [1.807, 2.05) is 18.4 Å². The van der Waals surface area contributed by atoms with E-state index >= 15 is 0 Å². The SMILES string of the molecule is C=CCn1c(C)nnc1SC(C)C(=O)Nc1ccc(Cl)cc1. The summed E-state index contributed by atoms with van der Waals surface area (Å²) in [5.41, 5.74) is 0.714. The molecule has 116 valence electrons. The monoisotopic (exact) mass is 336 g/mol. The van der Waals surface area contributed by atoms with Crippen LogP contribution in [0.1, 0.15) is 12.7 Å². The highest BCUT2D eigenvalue weighted by Crippen LogP contribution is 2.23. The van der Waals surface area contributed by atoms with Crippen molar-refractivity contribution in [1.29, 1.82) is 0 Å². The lowest BCUT2D eigenvalue weighted by atomic mass is 10.3. The summed E-state index contributed by atoms with van der Waals surface area (Å²) in [5.74, 6) is 0.700. The maximum Gasteiger partial charge on any atom is 0.237 e. The number of carbonyl (C=O) groups excluding carboxylic acids is 1. The predicted molar refractivity (Wildman–Crippen MR) is 90.4 cm³/mol. The molecule has 2 rings (SSSR count). The summed E-state index contributed by atoms with van der Waals surface area (Å²) in [6.07, 6.45) is 1.78. The van der Waals surface area contributed by atoms with Crippen LogP contribution in [-0.4, -0.2) is 25.9 Å². The fraction of sp³-hybridized carbons (Fsp3) is 0.267. The normalized spacial score (nSPS) is 12.0. The van der Waals surface area contributed by atoms with E-state index in [0.717, 1.165) is 5.82 Å². The minimum atomic E-state index is -0.303. The molecule has 22 heavy (non-hydrogen) atoms. The molecule has 1 atom stereocenters. The highest BCUT2D eigenvalue weighted by Gasteiger charge is 2.18. The number of nitrogens with one attached hydrogen (secondary N) is 1. The molecule has 1 amide bonds. The molecule has 0 bridgehead atoms. The zero-order valence-electron chi connectivity index (χ0n) is 12.4. The van der Waals surface area contributed by atoms with E-state index in [1.165, 1.54) is 11.8 Å². The standard InChI is InChI=1S/C15H17ClN4OS/c1-4-9-20-11(3)18-19-15(20)22-10(2)14(21)17-13-7-5-12(16)6-8-13/h4-8,10H,1,9H2,2-3H3,(H,17,21). The van der Waals surface area contributed by atoms with Crippen LogP contribution in [0.15, 0.2) is 42.1 Å². The Balaban J connectivity index is 2.02. The van der Waals surface area contributed by atoms with Gasteiger partial charge in [-0.3, -0.25) is 4.79 Å². The molecule has 0 radical (unpaired) electrons. The Bertz CT molecular complexity index is 669. The first-order valence-corrected chi connectivity index (χ1v) is 8.01. The van der Waals surface area contributed by atoms with Gasteiger partial charge in [-0.05, 0) is 38.1 Å². The molecule has 0 spiro atoms. The fourth-order valence-electron chi connectivity index (χ4n) is 1.78. The van der Waals surface area contributed by atoms with Crippen molar-refractivity contribution in [2.45, 2.75) is 30.8 Å². The Morgan fingerprint density at radius 1 is 1.45 bits per heavy atom. The van der Waals surface area contributed by atoms with Gasteiger partial charge < -0.3 is 9.88 Å². The molecule has 1 aromatic heterocycles. The first-order chi connectivity index (χ1) is 10.5. The average molecular weight is 337 g/mol. The third-order valence-corrected chi connectivity index (χ3v) is 4.31. The predicted octanol–water partition coefficient (Wildman–Crippen LogP) is 3.55. The minimum absolute atomic E-state index is 0.0990. The number of rotatable bonds is 6. The summed E-state index contributed by atoms with van der Waals surface area (Å²) >= 11 is 7.19. The number of halogens is 1. The van der Waals surface area contributed by atoms with Crippen molar-refractivity contribution in [2.24, 2.45) is 0 Å². The van der Waals surface area contributed by atoms with Crippen molar-refractivity contribution in [1.82, 2.24) is 14.8 Å². The van der Waals surface area contributed by atoms with Crippen LogP contribution in [0.5, 0.6) is 0 Å². The molecule has 0 aliphatic heterocycles. The number of anilines is 1. The highest BCUT2D eigenvalue weighted by atomic mass is 35.5. The molecule has 0 fully saturated rings. The van der Waals surface area contributed by atoms with Crippen molar-refractivity contribution in [2.75, 3.05) is 5.32 Å². The van der Waals surface area contributed by atoms with Gasteiger partial charge in [0.25, 0.3) is 0 Å². The topological polar surface area (TPSA) is 59.8 Å². The van der Waals surface area contributed by atoms with E-state index in [0.29, 0.717) is 22.4 Å². The first kappa shape index (κ1) is 16.6. The number of aromatic nitrogens is 3. The van der Waals surface area contributed by atoms with E-state index in [4.69, 9.17) is 11.6 Å². The lowest BCUT2D eigenvalue weighted by Gasteiger charge is -2.12. The number of hydrogen-bond donors (Lipinski definition) is 1. The van der Waals surface area contributed by atoms with E-state index in [9.17, 15) is 4.79 Å². The lowest BCUT2D eigenvalue weighted by Crippen LogP contribution is -2.22. The van der Waals surface area contributed by atoms with Crippen LogP contribution in [0.2, 0.25) is 5.02 Å². The molecule has 1 heterocycles. The van der Waals surface area contributed by atoms with Gasteiger partial charge >= 0.3 is 0 Å². The van der Waals surface area contributed by atoms with E-state index < -0.39 is 0 Å². The van der Waals surface area contributed by atoms with Gasteiger partial charge in [-0.25, -0.2) is 0 Å². The Labute approximate surface area is 138 Å². The van der Waals surface area contributed by atoms with Gasteiger partial charge in [-0.2, -0.15) is 0 Å². The average Bonchev–Trinajstić information content (AvgIpc) is 2.83. The van der Waals surface area contributed by atoms with Crippen LogP contribution in [-0.2, 0) is 11.3 Å². The third-order valence-electron chi connectivity index (χ3n) is 2.98. The Hall–Kier alpha value is -1.79. The van der Waals surface area contributed by atoms with Crippen molar-refractivity contribution in [3.63, 3.8) is 0 Å². The van der Waals surface area contributed by atoms with Crippen molar-refractivity contribution >= 4 is 35.0 Å². The Morgan fingerprint density at radius 3 is 2.77 bits per heavy atom. The van der Waals surface area contributed by atoms with Crippen LogP contribution in [0, 0.1) is 6.92 Å².